The van der Waals surface area contributed by atoms with Crippen molar-refractivity contribution in [2.75, 3.05) is 25.0 Å². The topological polar surface area (TPSA) is 72.8 Å². The molecule has 1 fully saturated rings. The molecule has 19 heavy (non-hydrogen) atoms. The molecule has 0 spiro atoms. The summed E-state index contributed by atoms with van der Waals surface area (Å²) in [6.45, 7) is 5.18. The van der Waals surface area contributed by atoms with Crippen LogP contribution >= 0.6 is 0 Å². The highest BCUT2D eigenvalue weighted by atomic mass is 16.3. The number of likely N-dealkylation sites (tertiary alicyclic amines) is 1. The lowest BCUT2D eigenvalue weighted by molar-refractivity contribution is 0.0572. The van der Waals surface area contributed by atoms with E-state index in [2.05, 4.69) is 5.32 Å². The van der Waals surface area contributed by atoms with Gasteiger partial charge in [0.15, 0.2) is 0 Å². The van der Waals surface area contributed by atoms with Crippen molar-refractivity contribution in [3.8, 4) is 0 Å². The van der Waals surface area contributed by atoms with Gasteiger partial charge in [-0.2, -0.15) is 0 Å². The van der Waals surface area contributed by atoms with E-state index in [1.165, 1.54) is 4.90 Å². The van der Waals surface area contributed by atoms with Gasteiger partial charge in [-0.3, -0.25) is 4.79 Å². The van der Waals surface area contributed by atoms with Gasteiger partial charge in [0.25, 0.3) is 5.91 Å². The van der Waals surface area contributed by atoms with Crippen molar-refractivity contribution >= 4 is 11.6 Å². The van der Waals surface area contributed by atoms with Crippen molar-refractivity contribution in [1.82, 2.24) is 4.90 Å². The predicted octanol–water partition coefficient (Wildman–Crippen LogP) is 0.604. The Labute approximate surface area is 112 Å². The Morgan fingerprint density at radius 1 is 1.37 bits per heavy atom. The second-order valence-corrected chi connectivity index (χ2v) is 4.90. The quantitative estimate of drug-likeness (QED) is 0.747. The van der Waals surface area contributed by atoms with Crippen LogP contribution in [0.2, 0.25) is 0 Å². The molecule has 2 atom stereocenters. The van der Waals surface area contributed by atoms with E-state index >= 15 is 0 Å². The highest BCUT2D eigenvalue weighted by molar-refractivity contribution is 5.95. The zero-order valence-corrected chi connectivity index (χ0v) is 11.3. The number of amides is 1. The molecule has 0 saturated carbocycles. The molecule has 0 aromatic heterocycles. The largest absolute Gasteiger partial charge is 0.388 e. The van der Waals surface area contributed by atoms with Crippen LogP contribution < -0.4 is 5.32 Å². The van der Waals surface area contributed by atoms with Crippen LogP contribution in [0.3, 0.4) is 0 Å². The lowest BCUT2D eigenvalue weighted by Gasteiger charge is -2.16. The zero-order valence-electron chi connectivity index (χ0n) is 11.3. The summed E-state index contributed by atoms with van der Waals surface area (Å²) in [6, 6.07) is 5.48. The third kappa shape index (κ3) is 2.88. The normalized spacial score (nSPS) is 22.6. The number of β-amino-alcohol motifs (C(OH)–C–C–N with tert-alkyl or cyclic N) is 2. The summed E-state index contributed by atoms with van der Waals surface area (Å²) < 4.78 is 0. The maximum atomic E-state index is 12.2. The van der Waals surface area contributed by atoms with Crippen molar-refractivity contribution < 1.29 is 15.0 Å². The third-order valence-corrected chi connectivity index (χ3v) is 3.39. The van der Waals surface area contributed by atoms with Crippen LogP contribution in [0.1, 0.15) is 22.8 Å². The molecule has 0 aliphatic carbocycles. The fourth-order valence-electron chi connectivity index (χ4n) is 2.30. The Hall–Kier alpha value is -1.59. The van der Waals surface area contributed by atoms with E-state index in [1.807, 2.05) is 26.0 Å². The lowest BCUT2D eigenvalue weighted by Crippen LogP contribution is -2.29. The van der Waals surface area contributed by atoms with E-state index in [-0.39, 0.29) is 19.0 Å². The average molecular weight is 264 g/mol. The Bertz CT molecular complexity index is 466. The molecule has 5 nitrogen and oxygen atoms in total. The van der Waals surface area contributed by atoms with Crippen LogP contribution in [0.4, 0.5) is 5.69 Å². The van der Waals surface area contributed by atoms with Gasteiger partial charge in [-0.25, -0.2) is 0 Å². The first-order valence-corrected chi connectivity index (χ1v) is 6.53. The third-order valence-electron chi connectivity index (χ3n) is 3.39. The number of benzene rings is 1. The Morgan fingerprint density at radius 3 is 2.53 bits per heavy atom. The second kappa shape index (κ2) is 5.59. The van der Waals surface area contributed by atoms with Gasteiger partial charge in [-0.15, -0.1) is 0 Å². The first kappa shape index (κ1) is 13.8. The van der Waals surface area contributed by atoms with Crippen molar-refractivity contribution in [2.45, 2.75) is 26.1 Å². The molecule has 1 saturated heterocycles. The van der Waals surface area contributed by atoms with Gasteiger partial charge in [0.05, 0.1) is 12.2 Å². The molecule has 1 heterocycles. The molecule has 104 valence electrons. The van der Waals surface area contributed by atoms with Gasteiger partial charge in [-0.05, 0) is 37.6 Å². The molecule has 0 bridgehead atoms. The van der Waals surface area contributed by atoms with Gasteiger partial charge in [0.1, 0.15) is 0 Å². The minimum Gasteiger partial charge on any atom is -0.388 e. The molecule has 2 rings (SSSR count). The number of carbonyl (C=O) groups excluding carboxylic acids is 1. The maximum absolute atomic E-state index is 12.2. The van der Waals surface area contributed by atoms with Crippen LogP contribution in [-0.4, -0.2) is 52.9 Å². The number of nitrogens with one attached hydrogen (secondary N) is 1. The lowest BCUT2D eigenvalue weighted by atomic mass is 10.1. The number of rotatable bonds is 3. The first-order chi connectivity index (χ1) is 9.02. The van der Waals surface area contributed by atoms with Crippen LogP contribution in [0.15, 0.2) is 18.2 Å². The minimum absolute atomic E-state index is 0.151. The second-order valence-electron chi connectivity index (χ2n) is 4.90. The minimum atomic E-state index is -0.842. The Kier molecular flexibility index (Phi) is 4.07. The van der Waals surface area contributed by atoms with E-state index in [1.54, 1.807) is 6.07 Å². The van der Waals surface area contributed by atoms with Gasteiger partial charge in [-0.1, -0.05) is 0 Å². The summed E-state index contributed by atoms with van der Waals surface area (Å²) in [5.74, 6) is -0.151. The molecule has 1 aliphatic rings. The molecule has 2 unspecified atom stereocenters. The van der Waals surface area contributed by atoms with E-state index in [4.69, 9.17) is 0 Å². The van der Waals surface area contributed by atoms with E-state index in [9.17, 15) is 15.0 Å². The summed E-state index contributed by atoms with van der Waals surface area (Å²) in [5, 5.41) is 22.2. The number of nitrogens with zero attached hydrogens (tertiary/aromatic N) is 1. The SMILES string of the molecule is CCNc1ccc(C(=O)N2CC(O)C(O)C2)cc1C. The zero-order chi connectivity index (χ0) is 14.0. The first-order valence-electron chi connectivity index (χ1n) is 6.53. The molecule has 5 heteroatoms. The Balaban J connectivity index is 2.14. The van der Waals surface area contributed by atoms with Crippen molar-refractivity contribution in [3.05, 3.63) is 29.3 Å². The molecule has 1 aromatic carbocycles. The molecule has 3 N–H and O–H groups in total. The average Bonchev–Trinajstić information content (AvgIpc) is 2.71. The van der Waals surface area contributed by atoms with Gasteiger partial charge in [0, 0.05) is 30.9 Å². The van der Waals surface area contributed by atoms with Crippen LogP contribution in [0, 0.1) is 6.92 Å². The van der Waals surface area contributed by atoms with E-state index in [0.29, 0.717) is 5.56 Å². The monoisotopic (exact) mass is 264 g/mol. The fourth-order valence-corrected chi connectivity index (χ4v) is 2.30. The summed E-state index contributed by atoms with van der Waals surface area (Å²) in [5.41, 5.74) is 2.61. The summed E-state index contributed by atoms with van der Waals surface area (Å²) >= 11 is 0. The predicted molar refractivity (Wildman–Crippen MR) is 73.3 cm³/mol. The molecule has 1 amide bonds. The van der Waals surface area contributed by atoms with E-state index < -0.39 is 12.2 Å². The Morgan fingerprint density at radius 2 is 2.00 bits per heavy atom. The fraction of sp³-hybridized carbons (Fsp3) is 0.500. The number of hydrogen-bond acceptors (Lipinski definition) is 4. The van der Waals surface area contributed by atoms with Crippen LogP contribution in [0.5, 0.6) is 0 Å². The van der Waals surface area contributed by atoms with Crippen LogP contribution in [-0.2, 0) is 0 Å². The van der Waals surface area contributed by atoms with Crippen molar-refractivity contribution in [2.24, 2.45) is 0 Å². The van der Waals surface area contributed by atoms with Crippen molar-refractivity contribution in [3.63, 3.8) is 0 Å². The van der Waals surface area contributed by atoms with Gasteiger partial charge >= 0.3 is 0 Å². The standard InChI is InChI=1S/C14H20N2O3/c1-3-15-11-5-4-10(6-9(11)2)14(19)16-7-12(17)13(18)8-16/h4-6,12-13,15,17-18H,3,7-8H2,1-2H3. The number of anilines is 1. The summed E-state index contributed by atoms with van der Waals surface area (Å²) in [7, 11) is 0. The number of aliphatic hydroxyl groups is 2. The highest BCUT2D eigenvalue weighted by Gasteiger charge is 2.32. The number of carbonyl (C=O) groups is 1. The summed E-state index contributed by atoms with van der Waals surface area (Å²) in [6.07, 6.45) is -1.68. The van der Waals surface area contributed by atoms with Gasteiger partial charge < -0.3 is 20.4 Å². The summed E-state index contributed by atoms with van der Waals surface area (Å²) in [4.78, 5) is 13.7. The highest BCUT2D eigenvalue weighted by Crippen LogP contribution is 2.19. The van der Waals surface area contributed by atoms with Gasteiger partial charge in [0.2, 0.25) is 0 Å². The number of aryl methyl sites for hydroxylation is 1. The molecule has 1 aliphatic heterocycles. The van der Waals surface area contributed by atoms with Crippen molar-refractivity contribution in [1.29, 1.82) is 0 Å². The maximum Gasteiger partial charge on any atom is 0.254 e. The number of aliphatic hydroxyl groups excluding tert-OH is 2. The number of hydrogen-bond donors (Lipinski definition) is 3. The molecule has 1 aromatic rings. The smallest absolute Gasteiger partial charge is 0.254 e. The van der Waals surface area contributed by atoms with E-state index in [0.717, 1.165) is 17.8 Å². The van der Waals surface area contributed by atoms with Crippen LogP contribution in [0.25, 0.3) is 0 Å². The molecular weight excluding hydrogens is 244 g/mol. The molecule has 0 radical (unpaired) electrons. The molecular formula is C14H20N2O3.